The standard InChI is InChI=1S/C13H17NO8/c1-20-11(17)4-5-12(18)21-7-9(15)13(19)22-6-8-2-3-10(16)14-8/h4-5,8-9,15H,2-3,6-7H2,1H3,(H,14,16)/b5-4+. The van der Waals surface area contributed by atoms with Gasteiger partial charge < -0.3 is 24.6 Å². The number of ether oxygens (including phenoxy) is 3. The molecule has 1 aliphatic rings. The van der Waals surface area contributed by atoms with Crippen LogP contribution < -0.4 is 5.32 Å². The fourth-order valence-corrected chi connectivity index (χ4v) is 1.56. The van der Waals surface area contributed by atoms with Crippen molar-refractivity contribution in [3.8, 4) is 0 Å². The van der Waals surface area contributed by atoms with Crippen LogP contribution in [0.15, 0.2) is 12.2 Å². The van der Waals surface area contributed by atoms with E-state index in [0.717, 1.165) is 19.3 Å². The lowest BCUT2D eigenvalue weighted by atomic mass is 10.2. The Morgan fingerprint density at radius 2 is 2.00 bits per heavy atom. The summed E-state index contributed by atoms with van der Waals surface area (Å²) < 4.78 is 13.6. The van der Waals surface area contributed by atoms with Crippen LogP contribution in [0, 0.1) is 0 Å². The number of rotatable bonds is 7. The van der Waals surface area contributed by atoms with Gasteiger partial charge in [0, 0.05) is 18.6 Å². The number of amides is 1. The Morgan fingerprint density at radius 1 is 1.32 bits per heavy atom. The molecule has 1 saturated heterocycles. The highest BCUT2D eigenvalue weighted by Crippen LogP contribution is 2.07. The summed E-state index contributed by atoms with van der Waals surface area (Å²) >= 11 is 0. The molecule has 2 unspecified atom stereocenters. The van der Waals surface area contributed by atoms with Gasteiger partial charge >= 0.3 is 17.9 Å². The van der Waals surface area contributed by atoms with Crippen molar-refractivity contribution < 1.29 is 38.5 Å². The van der Waals surface area contributed by atoms with Crippen LogP contribution in [0.25, 0.3) is 0 Å². The normalized spacial score (nSPS) is 18.6. The molecule has 9 heteroatoms. The zero-order chi connectivity index (χ0) is 16.5. The second kappa shape index (κ2) is 8.78. The van der Waals surface area contributed by atoms with Crippen molar-refractivity contribution in [1.29, 1.82) is 0 Å². The lowest BCUT2D eigenvalue weighted by Gasteiger charge is -2.13. The van der Waals surface area contributed by atoms with E-state index >= 15 is 0 Å². The highest BCUT2D eigenvalue weighted by molar-refractivity contribution is 5.91. The summed E-state index contributed by atoms with van der Waals surface area (Å²) in [5.41, 5.74) is 0. The fraction of sp³-hybridized carbons (Fsp3) is 0.538. The van der Waals surface area contributed by atoms with Gasteiger partial charge in [-0.2, -0.15) is 0 Å². The first kappa shape index (κ1) is 17.6. The first-order valence-electron chi connectivity index (χ1n) is 6.49. The first-order valence-corrected chi connectivity index (χ1v) is 6.49. The molecule has 0 spiro atoms. The minimum absolute atomic E-state index is 0.0577. The summed E-state index contributed by atoms with van der Waals surface area (Å²) in [6.45, 7) is -0.669. The number of aliphatic hydroxyl groups is 1. The van der Waals surface area contributed by atoms with Crippen molar-refractivity contribution in [1.82, 2.24) is 5.32 Å². The van der Waals surface area contributed by atoms with Crippen LogP contribution in [0.3, 0.4) is 0 Å². The summed E-state index contributed by atoms with van der Waals surface area (Å²) in [6.07, 6.45) is 0.922. The SMILES string of the molecule is COC(=O)/C=C/C(=O)OCC(O)C(=O)OCC1CCC(=O)N1. The highest BCUT2D eigenvalue weighted by atomic mass is 16.6. The molecule has 22 heavy (non-hydrogen) atoms. The molecule has 122 valence electrons. The minimum atomic E-state index is -1.65. The van der Waals surface area contributed by atoms with Crippen molar-refractivity contribution in [2.45, 2.75) is 25.0 Å². The molecular formula is C13H17NO8. The van der Waals surface area contributed by atoms with Crippen LogP contribution in [-0.2, 0) is 33.4 Å². The summed E-state index contributed by atoms with van der Waals surface area (Å²) in [6, 6.07) is -0.269. The molecule has 0 aromatic rings. The zero-order valence-corrected chi connectivity index (χ0v) is 11.9. The molecule has 0 bridgehead atoms. The van der Waals surface area contributed by atoms with Gasteiger partial charge in [-0.1, -0.05) is 0 Å². The van der Waals surface area contributed by atoms with E-state index in [9.17, 15) is 24.3 Å². The third-order valence-corrected chi connectivity index (χ3v) is 2.72. The summed E-state index contributed by atoms with van der Waals surface area (Å²) in [7, 11) is 1.14. The Morgan fingerprint density at radius 3 is 2.59 bits per heavy atom. The second-order valence-corrected chi connectivity index (χ2v) is 4.44. The van der Waals surface area contributed by atoms with Crippen LogP contribution in [0.1, 0.15) is 12.8 Å². The predicted octanol–water partition coefficient (Wildman–Crippen LogP) is -1.56. The molecule has 0 saturated carbocycles. The number of nitrogens with one attached hydrogen (secondary N) is 1. The Hall–Kier alpha value is -2.42. The maximum Gasteiger partial charge on any atom is 0.338 e. The van der Waals surface area contributed by atoms with Gasteiger partial charge in [-0.25, -0.2) is 14.4 Å². The van der Waals surface area contributed by atoms with Crippen LogP contribution in [-0.4, -0.2) is 61.4 Å². The van der Waals surface area contributed by atoms with Gasteiger partial charge in [0.2, 0.25) is 5.91 Å². The molecule has 0 aromatic heterocycles. The summed E-state index contributed by atoms with van der Waals surface area (Å²) in [5.74, 6) is -2.74. The smallest absolute Gasteiger partial charge is 0.338 e. The molecule has 1 fully saturated rings. The van der Waals surface area contributed by atoms with Gasteiger partial charge in [0.15, 0.2) is 6.10 Å². The monoisotopic (exact) mass is 315 g/mol. The van der Waals surface area contributed by atoms with E-state index in [2.05, 4.69) is 14.8 Å². The Balaban J connectivity index is 2.23. The lowest BCUT2D eigenvalue weighted by molar-refractivity contribution is -0.160. The molecule has 1 amide bonds. The third-order valence-electron chi connectivity index (χ3n) is 2.72. The molecule has 1 heterocycles. The van der Waals surface area contributed by atoms with Crippen LogP contribution in [0.2, 0.25) is 0 Å². The number of methoxy groups -OCH3 is 1. The molecule has 0 radical (unpaired) electrons. The largest absolute Gasteiger partial charge is 0.466 e. The first-order chi connectivity index (χ1) is 10.4. The minimum Gasteiger partial charge on any atom is -0.466 e. The van der Waals surface area contributed by atoms with Gasteiger partial charge in [-0.15, -0.1) is 0 Å². The van der Waals surface area contributed by atoms with Crippen molar-refractivity contribution in [3.05, 3.63) is 12.2 Å². The van der Waals surface area contributed by atoms with Gasteiger partial charge in [0.05, 0.1) is 13.2 Å². The maximum absolute atomic E-state index is 11.4. The van der Waals surface area contributed by atoms with E-state index in [4.69, 9.17) is 4.74 Å². The van der Waals surface area contributed by atoms with Gasteiger partial charge in [-0.3, -0.25) is 4.79 Å². The molecule has 1 rings (SSSR count). The van der Waals surface area contributed by atoms with Crippen molar-refractivity contribution in [2.24, 2.45) is 0 Å². The van der Waals surface area contributed by atoms with Crippen LogP contribution in [0.5, 0.6) is 0 Å². The maximum atomic E-state index is 11.4. The Labute approximate surface area is 126 Å². The lowest BCUT2D eigenvalue weighted by Crippen LogP contribution is -2.35. The quantitative estimate of drug-likeness (QED) is 0.328. The van der Waals surface area contributed by atoms with Gasteiger partial charge in [0.1, 0.15) is 13.2 Å². The van der Waals surface area contributed by atoms with Gasteiger partial charge in [-0.05, 0) is 6.42 Å². The topological polar surface area (TPSA) is 128 Å². The number of carbonyl (C=O) groups is 4. The average molecular weight is 315 g/mol. The summed E-state index contributed by atoms with van der Waals surface area (Å²) in [5, 5.41) is 12.1. The van der Waals surface area contributed by atoms with E-state index in [1.807, 2.05) is 0 Å². The molecule has 9 nitrogen and oxygen atoms in total. The number of hydrogen-bond acceptors (Lipinski definition) is 8. The third kappa shape index (κ3) is 6.35. The second-order valence-electron chi connectivity index (χ2n) is 4.44. The summed E-state index contributed by atoms with van der Waals surface area (Å²) in [4.78, 5) is 44.3. The van der Waals surface area contributed by atoms with Crippen LogP contribution >= 0.6 is 0 Å². The van der Waals surface area contributed by atoms with Crippen molar-refractivity contribution in [2.75, 3.05) is 20.3 Å². The number of carbonyl (C=O) groups excluding carboxylic acids is 4. The number of hydrogen-bond donors (Lipinski definition) is 2. The van der Waals surface area contributed by atoms with E-state index in [-0.39, 0.29) is 18.6 Å². The molecule has 1 aliphatic heterocycles. The van der Waals surface area contributed by atoms with Crippen molar-refractivity contribution >= 4 is 23.8 Å². The Kier molecular flexibility index (Phi) is 7.03. The average Bonchev–Trinajstić information content (AvgIpc) is 2.93. The number of esters is 3. The van der Waals surface area contributed by atoms with E-state index in [0.29, 0.717) is 12.8 Å². The van der Waals surface area contributed by atoms with Crippen LogP contribution in [0.4, 0.5) is 0 Å². The Bertz CT molecular complexity index is 473. The highest BCUT2D eigenvalue weighted by Gasteiger charge is 2.24. The van der Waals surface area contributed by atoms with E-state index in [1.165, 1.54) is 0 Å². The molecule has 0 aromatic carbocycles. The van der Waals surface area contributed by atoms with Gasteiger partial charge in [0.25, 0.3) is 0 Å². The predicted molar refractivity (Wildman–Crippen MR) is 70.2 cm³/mol. The molecule has 0 aliphatic carbocycles. The fourth-order valence-electron chi connectivity index (χ4n) is 1.56. The van der Waals surface area contributed by atoms with Crippen molar-refractivity contribution in [3.63, 3.8) is 0 Å². The molecular weight excluding hydrogens is 298 g/mol. The number of aliphatic hydroxyl groups excluding tert-OH is 1. The van der Waals surface area contributed by atoms with E-state index in [1.54, 1.807) is 0 Å². The van der Waals surface area contributed by atoms with E-state index < -0.39 is 30.6 Å². The molecule has 2 N–H and O–H groups in total. The molecule has 2 atom stereocenters. The zero-order valence-electron chi connectivity index (χ0n) is 11.9.